The van der Waals surface area contributed by atoms with Crippen LogP contribution in [0.5, 0.6) is 0 Å². The van der Waals surface area contributed by atoms with Crippen molar-refractivity contribution in [2.24, 2.45) is 5.92 Å². The molecule has 1 N–H and O–H groups in total. The number of ether oxygens (including phenoxy) is 1. The van der Waals surface area contributed by atoms with Gasteiger partial charge in [-0.05, 0) is 25.9 Å². The predicted molar refractivity (Wildman–Crippen MR) is 72.9 cm³/mol. The van der Waals surface area contributed by atoms with Crippen molar-refractivity contribution in [3.8, 4) is 0 Å². The molecule has 0 aromatic heterocycles. The molecule has 16 heavy (non-hydrogen) atoms. The van der Waals surface area contributed by atoms with Gasteiger partial charge in [-0.2, -0.15) is 0 Å². The van der Waals surface area contributed by atoms with E-state index in [0.29, 0.717) is 6.61 Å². The molecular weight excluding hydrogens is 202 g/mol. The third-order valence-corrected chi connectivity index (χ3v) is 1.58. The lowest BCUT2D eigenvalue weighted by atomic mass is 10.2. The van der Waals surface area contributed by atoms with Crippen LogP contribution in [0.1, 0.15) is 41.0 Å². The molecule has 3 nitrogen and oxygen atoms in total. The summed E-state index contributed by atoms with van der Waals surface area (Å²) in [5, 5.41) is 7.94. The van der Waals surface area contributed by atoms with Crippen molar-refractivity contribution in [2.75, 3.05) is 40.5 Å². The van der Waals surface area contributed by atoms with Gasteiger partial charge in [0.25, 0.3) is 0 Å². The zero-order valence-electron chi connectivity index (χ0n) is 12.4. The summed E-state index contributed by atoms with van der Waals surface area (Å²) in [6, 6.07) is 0. The van der Waals surface area contributed by atoms with E-state index in [2.05, 4.69) is 37.5 Å². The Morgan fingerprint density at radius 2 is 1.75 bits per heavy atom. The Kier molecular flexibility index (Phi) is 26.9. The van der Waals surface area contributed by atoms with Crippen molar-refractivity contribution in [2.45, 2.75) is 41.0 Å². The molecule has 0 fully saturated rings. The number of hydrogen-bond acceptors (Lipinski definition) is 3. The summed E-state index contributed by atoms with van der Waals surface area (Å²) < 4.78 is 4.44. The van der Waals surface area contributed by atoms with Crippen molar-refractivity contribution in [1.29, 1.82) is 0 Å². The SMILES string of the molecule is CC.CCCN(C)CC(C)C.COCCO. The standard InChI is InChI=1S/C8H19N.C3H8O2.C2H6/c1-5-6-9(4)7-8(2)3;1-5-3-2-4;1-2/h8H,5-7H2,1-4H3;4H,2-3H2,1H3;1-2H3. The highest BCUT2D eigenvalue weighted by Crippen LogP contribution is 1.95. The molecule has 0 bridgehead atoms. The first-order valence-electron chi connectivity index (χ1n) is 6.36. The van der Waals surface area contributed by atoms with Crippen LogP contribution in [0.25, 0.3) is 0 Å². The van der Waals surface area contributed by atoms with Gasteiger partial charge >= 0.3 is 0 Å². The molecule has 0 amide bonds. The van der Waals surface area contributed by atoms with Crippen LogP contribution in [-0.4, -0.2) is 50.5 Å². The number of hydrogen-bond donors (Lipinski definition) is 1. The van der Waals surface area contributed by atoms with Crippen molar-refractivity contribution >= 4 is 0 Å². The van der Waals surface area contributed by atoms with Crippen LogP contribution in [0.2, 0.25) is 0 Å². The van der Waals surface area contributed by atoms with Gasteiger partial charge in [0.2, 0.25) is 0 Å². The van der Waals surface area contributed by atoms with Gasteiger partial charge in [-0.25, -0.2) is 0 Å². The highest BCUT2D eigenvalue weighted by molar-refractivity contribution is 4.52. The van der Waals surface area contributed by atoms with Gasteiger partial charge in [-0.1, -0.05) is 34.6 Å². The molecule has 0 spiro atoms. The molecule has 0 aliphatic carbocycles. The molecule has 102 valence electrons. The van der Waals surface area contributed by atoms with E-state index in [0.717, 1.165) is 5.92 Å². The summed E-state index contributed by atoms with van der Waals surface area (Å²) in [6.07, 6.45) is 1.27. The zero-order valence-corrected chi connectivity index (χ0v) is 12.4. The summed E-state index contributed by atoms with van der Waals surface area (Å²) in [6.45, 7) is 13.8. The topological polar surface area (TPSA) is 32.7 Å². The van der Waals surface area contributed by atoms with Crippen molar-refractivity contribution in [3.63, 3.8) is 0 Å². The third-order valence-electron chi connectivity index (χ3n) is 1.58. The zero-order chi connectivity index (χ0) is 13.4. The smallest absolute Gasteiger partial charge is 0.0693 e. The number of aliphatic hydroxyl groups excluding tert-OH is 1. The minimum Gasteiger partial charge on any atom is -0.394 e. The number of nitrogens with zero attached hydrogens (tertiary/aromatic N) is 1. The predicted octanol–water partition coefficient (Wildman–Crippen LogP) is 2.64. The Morgan fingerprint density at radius 1 is 1.25 bits per heavy atom. The van der Waals surface area contributed by atoms with Crippen LogP contribution in [0.3, 0.4) is 0 Å². The molecule has 3 heteroatoms. The van der Waals surface area contributed by atoms with E-state index in [-0.39, 0.29) is 6.61 Å². The Morgan fingerprint density at radius 3 is 1.94 bits per heavy atom. The summed E-state index contributed by atoms with van der Waals surface area (Å²) in [5.74, 6) is 0.807. The van der Waals surface area contributed by atoms with Gasteiger partial charge in [-0.15, -0.1) is 0 Å². The molecular formula is C13H33NO2. The lowest BCUT2D eigenvalue weighted by Gasteiger charge is -2.17. The van der Waals surface area contributed by atoms with Crippen LogP contribution < -0.4 is 0 Å². The molecule has 0 aromatic carbocycles. The highest BCUT2D eigenvalue weighted by atomic mass is 16.5. The highest BCUT2D eigenvalue weighted by Gasteiger charge is 1.97. The third kappa shape index (κ3) is 29.2. The van der Waals surface area contributed by atoms with Crippen LogP contribution in [0.15, 0.2) is 0 Å². The van der Waals surface area contributed by atoms with Gasteiger partial charge in [0.15, 0.2) is 0 Å². The fourth-order valence-electron chi connectivity index (χ4n) is 1.19. The molecule has 0 rings (SSSR count). The second kappa shape index (κ2) is 20.3. The van der Waals surface area contributed by atoms with Crippen LogP contribution in [-0.2, 0) is 4.74 Å². The van der Waals surface area contributed by atoms with E-state index in [9.17, 15) is 0 Å². The summed E-state index contributed by atoms with van der Waals surface area (Å²) in [4.78, 5) is 2.38. The van der Waals surface area contributed by atoms with E-state index < -0.39 is 0 Å². The lowest BCUT2D eigenvalue weighted by Crippen LogP contribution is -2.23. The van der Waals surface area contributed by atoms with E-state index in [1.807, 2.05) is 13.8 Å². The summed E-state index contributed by atoms with van der Waals surface area (Å²) in [5.41, 5.74) is 0. The van der Waals surface area contributed by atoms with E-state index in [4.69, 9.17) is 5.11 Å². The minimum absolute atomic E-state index is 0.122. The number of rotatable bonds is 6. The average Bonchev–Trinajstić information content (AvgIpc) is 2.22. The largest absolute Gasteiger partial charge is 0.394 e. The minimum atomic E-state index is 0.122. The Labute approximate surface area is 103 Å². The first-order valence-corrected chi connectivity index (χ1v) is 6.36. The molecule has 0 atom stereocenters. The fraction of sp³-hybridized carbons (Fsp3) is 1.00. The second-order valence-corrected chi connectivity index (χ2v) is 3.87. The first kappa shape index (κ1) is 21.2. The average molecular weight is 235 g/mol. The molecule has 0 saturated heterocycles. The van der Waals surface area contributed by atoms with Gasteiger partial charge in [0, 0.05) is 13.7 Å². The van der Waals surface area contributed by atoms with Crippen molar-refractivity contribution in [3.05, 3.63) is 0 Å². The van der Waals surface area contributed by atoms with Gasteiger partial charge in [-0.3, -0.25) is 0 Å². The molecule has 0 saturated carbocycles. The second-order valence-electron chi connectivity index (χ2n) is 3.87. The molecule has 0 unspecified atom stereocenters. The van der Waals surface area contributed by atoms with Crippen LogP contribution >= 0.6 is 0 Å². The number of methoxy groups -OCH3 is 1. The van der Waals surface area contributed by atoms with Gasteiger partial charge in [0.1, 0.15) is 0 Å². The molecule has 0 heterocycles. The van der Waals surface area contributed by atoms with Gasteiger partial charge < -0.3 is 14.7 Å². The maximum atomic E-state index is 7.94. The van der Waals surface area contributed by atoms with E-state index in [1.54, 1.807) is 7.11 Å². The van der Waals surface area contributed by atoms with Crippen LogP contribution in [0, 0.1) is 5.92 Å². The fourth-order valence-corrected chi connectivity index (χ4v) is 1.19. The van der Waals surface area contributed by atoms with Gasteiger partial charge in [0.05, 0.1) is 13.2 Å². The Balaban J connectivity index is -0.000000205. The molecule has 0 aromatic rings. The Hall–Kier alpha value is -0.120. The van der Waals surface area contributed by atoms with Crippen LogP contribution in [0.4, 0.5) is 0 Å². The molecule has 0 aliphatic heterocycles. The lowest BCUT2D eigenvalue weighted by molar-refractivity contribution is 0.135. The maximum Gasteiger partial charge on any atom is 0.0693 e. The summed E-state index contributed by atoms with van der Waals surface area (Å²) in [7, 11) is 3.74. The van der Waals surface area contributed by atoms with Crippen molar-refractivity contribution < 1.29 is 9.84 Å². The molecule has 0 radical (unpaired) electrons. The number of aliphatic hydroxyl groups is 1. The summed E-state index contributed by atoms with van der Waals surface area (Å²) >= 11 is 0. The Bertz CT molecular complexity index is 95.9. The maximum absolute atomic E-state index is 7.94. The first-order chi connectivity index (χ1) is 7.58. The van der Waals surface area contributed by atoms with E-state index in [1.165, 1.54) is 19.5 Å². The molecule has 0 aliphatic rings. The van der Waals surface area contributed by atoms with Crippen molar-refractivity contribution in [1.82, 2.24) is 4.90 Å². The monoisotopic (exact) mass is 235 g/mol. The quantitative estimate of drug-likeness (QED) is 0.768. The normalized spacial score (nSPS) is 9.38. The van der Waals surface area contributed by atoms with E-state index >= 15 is 0 Å².